The summed E-state index contributed by atoms with van der Waals surface area (Å²) in [4.78, 5) is 49.6. The molecule has 0 unspecified atom stereocenters. The van der Waals surface area contributed by atoms with Gasteiger partial charge in [-0.15, -0.1) is 0 Å². The molecule has 34 heavy (non-hydrogen) atoms. The first-order chi connectivity index (χ1) is 15.9. The lowest BCUT2D eigenvalue weighted by molar-refractivity contribution is -0.144. The molecule has 0 saturated heterocycles. The molecule has 3 aliphatic carbocycles. The summed E-state index contributed by atoms with van der Waals surface area (Å²) in [6, 6.07) is 1.73. The zero-order valence-corrected chi connectivity index (χ0v) is 18.8. The van der Waals surface area contributed by atoms with E-state index in [0.717, 1.165) is 5.56 Å². The maximum Gasteiger partial charge on any atom is 0.255 e. The summed E-state index contributed by atoms with van der Waals surface area (Å²) < 4.78 is 0. The fourth-order valence-corrected chi connectivity index (χ4v) is 5.50. The first-order valence-electron chi connectivity index (χ1n) is 11.0. The van der Waals surface area contributed by atoms with E-state index < -0.39 is 52.0 Å². The number of aromatic hydroxyl groups is 1. The standard InChI is InChI=1S/C24H26N2O8/c1-3-10-4-12(8-26-9(2)27)19(29)17-14(10)6-11-5-13-7-15(28)18(23(25)33)22(32)24(13,34)21(31)16(11)20(17)30/h4,11,13,28-29,31,34H,3,5-8H2,1-2H3,(H2,25,33)(H,26,27)/t11-,13+,24+/m1/s1. The highest BCUT2D eigenvalue weighted by molar-refractivity contribution is 6.24. The van der Waals surface area contributed by atoms with Crippen LogP contribution in [0, 0.1) is 11.8 Å². The van der Waals surface area contributed by atoms with Crippen molar-refractivity contribution in [2.45, 2.75) is 51.7 Å². The van der Waals surface area contributed by atoms with Crippen molar-refractivity contribution in [3.8, 4) is 5.75 Å². The van der Waals surface area contributed by atoms with Crippen molar-refractivity contribution in [2.24, 2.45) is 17.6 Å². The van der Waals surface area contributed by atoms with E-state index >= 15 is 0 Å². The minimum atomic E-state index is -2.59. The molecule has 0 aromatic heterocycles. The number of allylic oxidation sites excluding steroid dienone is 2. The number of rotatable bonds is 4. The number of amides is 2. The third kappa shape index (κ3) is 3.20. The lowest BCUT2D eigenvalue weighted by Crippen LogP contribution is -2.57. The zero-order chi connectivity index (χ0) is 25.1. The number of fused-ring (bicyclic) bond motifs is 3. The number of phenols is 1. The number of nitrogens with one attached hydrogen (secondary N) is 1. The van der Waals surface area contributed by atoms with Gasteiger partial charge < -0.3 is 31.5 Å². The Labute approximate surface area is 194 Å². The third-order valence-corrected chi connectivity index (χ3v) is 7.14. The molecule has 0 fully saturated rings. The van der Waals surface area contributed by atoms with Gasteiger partial charge in [0.1, 0.15) is 22.8 Å². The maximum absolute atomic E-state index is 13.6. The monoisotopic (exact) mass is 470 g/mol. The fourth-order valence-electron chi connectivity index (χ4n) is 5.50. The highest BCUT2D eigenvalue weighted by Gasteiger charge is 2.59. The summed E-state index contributed by atoms with van der Waals surface area (Å²) in [6.45, 7) is 3.19. The van der Waals surface area contributed by atoms with Crippen LogP contribution in [0.5, 0.6) is 5.75 Å². The van der Waals surface area contributed by atoms with Gasteiger partial charge >= 0.3 is 0 Å². The quantitative estimate of drug-likeness (QED) is 0.348. The van der Waals surface area contributed by atoms with E-state index in [4.69, 9.17) is 5.73 Å². The normalized spacial score (nSPS) is 26.1. The summed E-state index contributed by atoms with van der Waals surface area (Å²) in [6.07, 6.45) is 0.612. The molecule has 1 aromatic carbocycles. The maximum atomic E-state index is 13.6. The number of hydrogen-bond acceptors (Lipinski definition) is 8. The Bertz CT molecular complexity index is 1230. The molecule has 0 bridgehead atoms. The van der Waals surface area contributed by atoms with Gasteiger partial charge in [0.15, 0.2) is 11.4 Å². The smallest absolute Gasteiger partial charge is 0.255 e. The van der Waals surface area contributed by atoms with E-state index in [2.05, 4.69) is 5.32 Å². The van der Waals surface area contributed by atoms with Crippen molar-refractivity contribution in [1.82, 2.24) is 5.32 Å². The molecular weight excluding hydrogens is 444 g/mol. The van der Waals surface area contributed by atoms with E-state index in [9.17, 15) is 39.6 Å². The van der Waals surface area contributed by atoms with Crippen LogP contribution in [-0.4, -0.2) is 49.4 Å². The first kappa shape index (κ1) is 23.5. The molecule has 10 nitrogen and oxygen atoms in total. The molecule has 7 N–H and O–H groups in total. The minimum absolute atomic E-state index is 0.0142. The second-order valence-corrected chi connectivity index (χ2v) is 9.07. The second kappa shape index (κ2) is 7.98. The predicted octanol–water partition coefficient (Wildman–Crippen LogP) is 0.779. The van der Waals surface area contributed by atoms with Crippen LogP contribution in [0.3, 0.4) is 0 Å². The van der Waals surface area contributed by atoms with Gasteiger partial charge in [0.25, 0.3) is 5.91 Å². The Morgan fingerprint density at radius 2 is 1.85 bits per heavy atom. The summed E-state index contributed by atoms with van der Waals surface area (Å²) in [5, 5.41) is 46.0. The minimum Gasteiger partial charge on any atom is -0.511 e. The average molecular weight is 470 g/mol. The SMILES string of the molecule is CCc1cc(CNC(C)=O)c(O)c2c1C[C@H]1C[C@H]3CC(O)=C(C(N)=O)C(=O)[C@@]3(O)C(O)=C1C2=O. The number of Topliss-reactive ketones (excluding diaryl/α,β-unsaturated/α-hetero) is 2. The van der Waals surface area contributed by atoms with Crippen molar-refractivity contribution >= 4 is 23.4 Å². The van der Waals surface area contributed by atoms with Gasteiger partial charge in [0.2, 0.25) is 11.7 Å². The number of aliphatic hydroxyl groups is 3. The predicted molar refractivity (Wildman–Crippen MR) is 118 cm³/mol. The molecule has 180 valence electrons. The molecule has 0 spiro atoms. The number of aliphatic hydroxyl groups excluding tert-OH is 2. The highest BCUT2D eigenvalue weighted by atomic mass is 16.3. The summed E-state index contributed by atoms with van der Waals surface area (Å²) >= 11 is 0. The van der Waals surface area contributed by atoms with E-state index in [0.29, 0.717) is 17.5 Å². The van der Waals surface area contributed by atoms with Gasteiger partial charge in [-0.2, -0.15) is 0 Å². The number of aryl methyl sites for hydroxylation is 1. The lowest BCUT2D eigenvalue weighted by atomic mass is 9.60. The van der Waals surface area contributed by atoms with E-state index in [-0.39, 0.29) is 48.6 Å². The van der Waals surface area contributed by atoms with Gasteiger partial charge in [-0.25, -0.2) is 0 Å². The number of primary amides is 1. The van der Waals surface area contributed by atoms with Crippen LogP contribution >= 0.6 is 0 Å². The summed E-state index contributed by atoms with van der Waals surface area (Å²) in [5.41, 5.74) is 3.26. The van der Waals surface area contributed by atoms with Crippen LogP contribution in [0.15, 0.2) is 28.7 Å². The van der Waals surface area contributed by atoms with E-state index in [1.165, 1.54) is 6.92 Å². The van der Waals surface area contributed by atoms with Crippen molar-refractivity contribution in [2.75, 3.05) is 0 Å². The largest absolute Gasteiger partial charge is 0.511 e. The molecule has 4 rings (SSSR count). The Morgan fingerprint density at radius 3 is 2.44 bits per heavy atom. The van der Waals surface area contributed by atoms with Gasteiger partial charge in [-0.3, -0.25) is 19.2 Å². The van der Waals surface area contributed by atoms with Crippen LogP contribution in [0.4, 0.5) is 0 Å². The summed E-state index contributed by atoms with van der Waals surface area (Å²) in [7, 11) is 0. The van der Waals surface area contributed by atoms with Crippen LogP contribution < -0.4 is 11.1 Å². The van der Waals surface area contributed by atoms with Crippen LogP contribution in [0.1, 0.15) is 53.7 Å². The van der Waals surface area contributed by atoms with Crippen LogP contribution in [0.2, 0.25) is 0 Å². The molecule has 3 atom stereocenters. The lowest BCUT2D eigenvalue weighted by Gasteiger charge is -2.45. The Kier molecular flexibility index (Phi) is 5.52. The Balaban J connectivity index is 1.88. The number of carbonyl (C=O) groups is 4. The molecule has 3 aliphatic rings. The van der Waals surface area contributed by atoms with Crippen LogP contribution in [-0.2, 0) is 33.8 Å². The van der Waals surface area contributed by atoms with Crippen molar-refractivity contribution in [1.29, 1.82) is 0 Å². The average Bonchev–Trinajstić information content (AvgIpc) is 2.75. The van der Waals surface area contributed by atoms with Crippen molar-refractivity contribution in [3.05, 3.63) is 51.0 Å². The molecule has 1 aromatic rings. The van der Waals surface area contributed by atoms with Gasteiger partial charge in [-0.1, -0.05) is 13.0 Å². The fraction of sp³-hybridized carbons (Fsp3) is 0.417. The number of nitrogens with two attached hydrogens (primary N) is 1. The molecule has 10 heteroatoms. The number of ketones is 2. The number of benzene rings is 1. The third-order valence-electron chi connectivity index (χ3n) is 7.14. The molecule has 0 radical (unpaired) electrons. The zero-order valence-electron chi connectivity index (χ0n) is 18.8. The number of phenolic OH excluding ortho intramolecular Hbond substituents is 1. The second-order valence-electron chi connectivity index (χ2n) is 9.07. The van der Waals surface area contributed by atoms with E-state index in [1.807, 2.05) is 6.92 Å². The highest BCUT2D eigenvalue weighted by Crippen LogP contribution is 2.52. The van der Waals surface area contributed by atoms with Gasteiger partial charge in [0.05, 0.1) is 5.56 Å². The van der Waals surface area contributed by atoms with Crippen molar-refractivity contribution in [3.63, 3.8) is 0 Å². The van der Waals surface area contributed by atoms with Crippen molar-refractivity contribution < 1.29 is 39.6 Å². The van der Waals surface area contributed by atoms with E-state index in [1.54, 1.807) is 6.07 Å². The topological polar surface area (TPSA) is 187 Å². The molecule has 0 heterocycles. The Hall–Kier alpha value is -3.66. The van der Waals surface area contributed by atoms with Gasteiger partial charge in [-0.05, 0) is 36.3 Å². The van der Waals surface area contributed by atoms with Crippen LogP contribution in [0.25, 0.3) is 0 Å². The molecule has 0 saturated carbocycles. The Morgan fingerprint density at radius 1 is 1.18 bits per heavy atom. The molecule has 2 amide bonds. The number of carbonyl (C=O) groups excluding carboxylic acids is 4. The number of hydrogen-bond donors (Lipinski definition) is 6. The molecule has 0 aliphatic heterocycles. The summed E-state index contributed by atoms with van der Waals surface area (Å²) in [5.74, 6) is -6.89. The molecular formula is C24H26N2O8. The van der Waals surface area contributed by atoms with Gasteiger partial charge in [0, 0.05) is 36.9 Å². The first-order valence-corrected chi connectivity index (χ1v) is 11.0.